The molecule has 21 heavy (non-hydrogen) atoms. The van der Waals surface area contributed by atoms with Crippen molar-refractivity contribution in [3.8, 4) is 0 Å². The maximum Gasteiger partial charge on any atom is 0.267 e. The first-order chi connectivity index (χ1) is 10.2. The van der Waals surface area contributed by atoms with Crippen LogP contribution >= 0.6 is 22.7 Å². The van der Waals surface area contributed by atoms with E-state index in [1.54, 1.807) is 23.6 Å². The van der Waals surface area contributed by atoms with Crippen LogP contribution in [0.5, 0.6) is 0 Å². The predicted octanol–water partition coefficient (Wildman–Crippen LogP) is 3.57. The standard InChI is InChI=1S/C14H10N4OS2/c1-8-2-3-11(15-7-8)16-12(19)10-6-9-13(21-10)17-14-18(9)4-5-20-14/h2-7H,1H3,(H,15,16,19). The molecule has 5 nitrogen and oxygen atoms in total. The molecule has 4 aromatic heterocycles. The van der Waals surface area contributed by atoms with E-state index in [0.717, 1.165) is 20.9 Å². The Morgan fingerprint density at radius 1 is 1.38 bits per heavy atom. The van der Waals surface area contributed by atoms with E-state index in [9.17, 15) is 4.79 Å². The maximum atomic E-state index is 12.3. The maximum absolute atomic E-state index is 12.3. The molecule has 0 saturated carbocycles. The second kappa shape index (κ2) is 4.64. The van der Waals surface area contributed by atoms with E-state index in [2.05, 4.69) is 15.3 Å². The van der Waals surface area contributed by atoms with E-state index < -0.39 is 0 Å². The Balaban J connectivity index is 1.66. The molecule has 4 rings (SSSR count). The average Bonchev–Trinajstić information content (AvgIpc) is 3.12. The minimum Gasteiger partial charge on any atom is -0.306 e. The van der Waals surface area contributed by atoms with Crippen molar-refractivity contribution in [3.05, 3.63) is 46.4 Å². The van der Waals surface area contributed by atoms with Crippen LogP contribution in [-0.4, -0.2) is 20.3 Å². The van der Waals surface area contributed by atoms with Gasteiger partial charge in [0.15, 0.2) is 4.96 Å². The number of anilines is 1. The Morgan fingerprint density at radius 3 is 3.10 bits per heavy atom. The zero-order valence-electron chi connectivity index (χ0n) is 11.0. The lowest BCUT2D eigenvalue weighted by molar-refractivity contribution is 0.103. The number of carbonyl (C=O) groups is 1. The Kier molecular flexibility index (Phi) is 2.76. The highest BCUT2D eigenvalue weighted by atomic mass is 32.1. The minimum atomic E-state index is -0.154. The van der Waals surface area contributed by atoms with Crippen LogP contribution < -0.4 is 5.32 Å². The van der Waals surface area contributed by atoms with Crippen molar-refractivity contribution < 1.29 is 4.79 Å². The summed E-state index contributed by atoms with van der Waals surface area (Å²) in [5.74, 6) is 0.401. The first kappa shape index (κ1) is 12.5. The number of thiophene rings is 1. The third-order valence-corrected chi connectivity index (χ3v) is 4.89. The van der Waals surface area contributed by atoms with Crippen molar-refractivity contribution in [2.24, 2.45) is 0 Å². The molecule has 0 atom stereocenters. The number of aryl methyl sites for hydroxylation is 1. The second-order valence-electron chi connectivity index (χ2n) is 4.64. The first-order valence-electron chi connectivity index (χ1n) is 6.30. The second-order valence-corrected chi connectivity index (χ2v) is 6.55. The summed E-state index contributed by atoms with van der Waals surface area (Å²) in [7, 11) is 0. The van der Waals surface area contributed by atoms with E-state index in [4.69, 9.17) is 0 Å². The molecule has 0 radical (unpaired) electrons. The molecule has 4 aromatic rings. The van der Waals surface area contributed by atoms with Crippen LogP contribution in [0.3, 0.4) is 0 Å². The Morgan fingerprint density at radius 2 is 2.29 bits per heavy atom. The molecule has 0 aliphatic rings. The van der Waals surface area contributed by atoms with Crippen LogP contribution in [0.4, 0.5) is 5.82 Å². The summed E-state index contributed by atoms with van der Waals surface area (Å²) in [4.78, 5) is 23.4. The number of rotatable bonds is 2. The number of hydrogen-bond donors (Lipinski definition) is 1. The van der Waals surface area contributed by atoms with Crippen molar-refractivity contribution in [1.29, 1.82) is 0 Å². The van der Waals surface area contributed by atoms with E-state index in [1.165, 1.54) is 11.3 Å². The lowest BCUT2D eigenvalue weighted by atomic mass is 10.3. The highest BCUT2D eigenvalue weighted by molar-refractivity contribution is 7.21. The van der Waals surface area contributed by atoms with Crippen molar-refractivity contribution in [3.63, 3.8) is 0 Å². The molecule has 1 N–H and O–H groups in total. The lowest BCUT2D eigenvalue weighted by Crippen LogP contribution is -2.11. The summed E-state index contributed by atoms with van der Waals surface area (Å²) in [5.41, 5.74) is 2.03. The summed E-state index contributed by atoms with van der Waals surface area (Å²) in [5, 5.41) is 4.79. The lowest BCUT2D eigenvalue weighted by Gasteiger charge is -2.02. The fraction of sp³-hybridized carbons (Fsp3) is 0.0714. The highest BCUT2D eigenvalue weighted by Crippen LogP contribution is 2.28. The van der Waals surface area contributed by atoms with Crippen molar-refractivity contribution in [2.45, 2.75) is 6.92 Å². The summed E-state index contributed by atoms with van der Waals surface area (Å²) in [6.45, 7) is 1.96. The summed E-state index contributed by atoms with van der Waals surface area (Å²) >= 11 is 2.98. The monoisotopic (exact) mass is 314 g/mol. The van der Waals surface area contributed by atoms with E-state index in [1.807, 2.05) is 35.0 Å². The third kappa shape index (κ3) is 2.10. The minimum absolute atomic E-state index is 0.154. The molecule has 0 bridgehead atoms. The van der Waals surface area contributed by atoms with Crippen molar-refractivity contribution >= 4 is 49.7 Å². The van der Waals surface area contributed by atoms with Crippen LogP contribution in [-0.2, 0) is 0 Å². The summed E-state index contributed by atoms with van der Waals surface area (Å²) in [6.07, 6.45) is 3.69. The molecular formula is C14H10N4OS2. The third-order valence-electron chi connectivity index (χ3n) is 3.12. The van der Waals surface area contributed by atoms with Gasteiger partial charge < -0.3 is 5.32 Å². The molecule has 4 heterocycles. The van der Waals surface area contributed by atoms with E-state index >= 15 is 0 Å². The Bertz CT molecular complexity index is 949. The molecule has 0 unspecified atom stereocenters. The number of thiazole rings is 1. The highest BCUT2D eigenvalue weighted by Gasteiger charge is 2.15. The number of imidazole rings is 1. The van der Waals surface area contributed by atoms with Crippen LogP contribution in [0, 0.1) is 6.92 Å². The number of pyridine rings is 1. The van der Waals surface area contributed by atoms with Gasteiger partial charge in [-0.15, -0.1) is 22.7 Å². The first-order valence-corrected chi connectivity index (χ1v) is 7.99. The number of nitrogens with zero attached hydrogens (tertiary/aromatic N) is 3. The van der Waals surface area contributed by atoms with Crippen LogP contribution in [0.1, 0.15) is 15.2 Å². The molecule has 0 aliphatic carbocycles. The SMILES string of the molecule is Cc1ccc(NC(=O)c2cc3c(nc4sccn43)s2)nc1. The Hall–Kier alpha value is -2.25. The van der Waals surface area contributed by atoms with Crippen molar-refractivity contribution in [2.75, 3.05) is 5.32 Å². The number of nitrogens with one attached hydrogen (secondary N) is 1. The van der Waals surface area contributed by atoms with Gasteiger partial charge in [-0.3, -0.25) is 9.20 Å². The van der Waals surface area contributed by atoms with Gasteiger partial charge in [0.05, 0.1) is 10.4 Å². The fourth-order valence-corrected chi connectivity index (χ4v) is 3.77. The largest absolute Gasteiger partial charge is 0.306 e. The van der Waals surface area contributed by atoms with Gasteiger partial charge >= 0.3 is 0 Å². The molecule has 0 fully saturated rings. The number of fused-ring (bicyclic) bond motifs is 3. The van der Waals surface area contributed by atoms with Gasteiger partial charge in [-0.1, -0.05) is 6.07 Å². The number of amides is 1. The quantitative estimate of drug-likeness (QED) is 0.615. The predicted molar refractivity (Wildman–Crippen MR) is 85.4 cm³/mol. The average molecular weight is 314 g/mol. The molecular weight excluding hydrogens is 304 g/mol. The van der Waals surface area contributed by atoms with Crippen LogP contribution in [0.15, 0.2) is 36.0 Å². The number of hydrogen-bond acceptors (Lipinski definition) is 5. The van der Waals surface area contributed by atoms with Crippen molar-refractivity contribution in [1.82, 2.24) is 14.4 Å². The van der Waals surface area contributed by atoms with Crippen LogP contribution in [0.2, 0.25) is 0 Å². The zero-order valence-corrected chi connectivity index (χ0v) is 12.7. The van der Waals surface area contributed by atoms with Gasteiger partial charge in [-0.05, 0) is 24.6 Å². The zero-order chi connectivity index (χ0) is 14.4. The fourth-order valence-electron chi connectivity index (χ4n) is 2.08. The van der Waals surface area contributed by atoms with Gasteiger partial charge in [0, 0.05) is 17.8 Å². The number of carbonyl (C=O) groups excluding carboxylic acids is 1. The van der Waals surface area contributed by atoms with Gasteiger partial charge in [-0.2, -0.15) is 0 Å². The van der Waals surface area contributed by atoms with E-state index in [-0.39, 0.29) is 5.91 Å². The van der Waals surface area contributed by atoms with Gasteiger partial charge in [0.25, 0.3) is 5.91 Å². The van der Waals surface area contributed by atoms with E-state index in [0.29, 0.717) is 10.7 Å². The van der Waals surface area contributed by atoms with Gasteiger partial charge in [0.1, 0.15) is 10.6 Å². The normalized spacial score (nSPS) is 11.3. The Labute approximate surface area is 127 Å². The van der Waals surface area contributed by atoms with Crippen LogP contribution in [0.25, 0.3) is 15.3 Å². The summed E-state index contributed by atoms with van der Waals surface area (Å²) in [6, 6.07) is 5.58. The molecule has 104 valence electrons. The van der Waals surface area contributed by atoms with Gasteiger partial charge in [-0.25, -0.2) is 9.97 Å². The topological polar surface area (TPSA) is 59.3 Å². The summed E-state index contributed by atoms with van der Waals surface area (Å²) < 4.78 is 2.00. The molecule has 7 heteroatoms. The number of aromatic nitrogens is 3. The smallest absolute Gasteiger partial charge is 0.267 e. The molecule has 0 saturated heterocycles. The molecule has 0 aliphatic heterocycles. The van der Waals surface area contributed by atoms with Gasteiger partial charge in [0.2, 0.25) is 0 Å². The molecule has 0 spiro atoms. The molecule has 1 amide bonds. The molecule has 0 aromatic carbocycles.